The standard InChI is InChI=1S/C18H30N4S2/c1-3-19-18(20-12-14-8-10-23-11-9-14)22(2)13-17-21-15-6-4-5-7-16(15)24-17/h14H,3-13H2,1-2H3,(H,19,20). The van der Waals surface area contributed by atoms with Crippen LogP contribution in [-0.2, 0) is 19.4 Å². The highest BCUT2D eigenvalue weighted by molar-refractivity contribution is 7.99. The second-order valence-electron chi connectivity index (χ2n) is 6.79. The van der Waals surface area contributed by atoms with Gasteiger partial charge in [0.05, 0.1) is 12.2 Å². The SMILES string of the molecule is CCNC(=NCC1CCSCC1)N(C)Cc1nc2c(s1)CCCC2. The highest BCUT2D eigenvalue weighted by Gasteiger charge is 2.18. The molecule has 1 aliphatic carbocycles. The second-order valence-corrected chi connectivity index (χ2v) is 9.18. The third kappa shape index (κ3) is 4.88. The Labute approximate surface area is 154 Å². The van der Waals surface area contributed by atoms with Crippen molar-refractivity contribution < 1.29 is 0 Å². The number of aromatic nitrogens is 1. The first-order valence-corrected chi connectivity index (χ1v) is 11.3. The molecular formula is C18H30N4S2. The molecule has 0 unspecified atom stereocenters. The molecule has 0 atom stereocenters. The Morgan fingerprint density at radius 3 is 2.83 bits per heavy atom. The summed E-state index contributed by atoms with van der Waals surface area (Å²) in [4.78, 5) is 13.5. The Balaban J connectivity index is 1.60. The molecule has 3 rings (SSSR count). The zero-order chi connectivity index (χ0) is 16.8. The van der Waals surface area contributed by atoms with Gasteiger partial charge >= 0.3 is 0 Å². The van der Waals surface area contributed by atoms with Gasteiger partial charge in [-0.1, -0.05) is 0 Å². The van der Waals surface area contributed by atoms with Gasteiger partial charge in [-0.3, -0.25) is 4.99 Å². The third-order valence-corrected chi connectivity index (χ3v) is 6.99. The summed E-state index contributed by atoms with van der Waals surface area (Å²) in [5, 5.41) is 4.69. The van der Waals surface area contributed by atoms with Crippen molar-refractivity contribution in [3.8, 4) is 0 Å². The summed E-state index contributed by atoms with van der Waals surface area (Å²) in [5.41, 5.74) is 1.36. The van der Waals surface area contributed by atoms with Crippen LogP contribution in [0.3, 0.4) is 0 Å². The zero-order valence-electron chi connectivity index (χ0n) is 15.0. The lowest BCUT2D eigenvalue weighted by Gasteiger charge is -2.23. The van der Waals surface area contributed by atoms with Gasteiger partial charge in [-0.25, -0.2) is 4.98 Å². The Bertz CT molecular complexity index is 526. The summed E-state index contributed by atoms with van der Waals surface area (Å²) in [6, 6.07) is 0. The van der Waals surface area contributed by atoms with Gasteiger partial charge < -0.3 is 10.2 Å². The first-order chi connectivity index (χ1) is 11.8. The molecule has 2 aliphatic rings. The van der Waals surface area contributed by atoms with Crippen LogP contribution in [0.5, 0.6) is 0 Å². The number of aliphatic imine (C=N–C) groups is 1. The van der Waals surface area contributed by atoms with Crippen LogP contribution < -0.4 is 5.32 Å². The third-order valence-electron chi connectivity index (χ3n) is 4.80. The summed E-state index contributed by atoms with van der Waals surface area (Å²) < 4.78 is 0. The average Bonchev–Trinajstić information content (AvgIpc) is 3.01. The summed E-state index contributed by atoms with van der Waals surface area (Å²) >= 11 is 3.99. The molecule has 0 radical (unpaired) electrons. The minimum Gasteiger partial charge on any atom is -0.357 e. The molecule has 0 saturated carbocycles. The van der Waals surface area contributed by atoms with E-state index in [9.17, 15) is 0 Å². The van der Waals surface area contributed by atoms with Crippen LogP contribution in [0.4, 0.5) is 0 Å². The van der Waals surface area contributed by atoms with E-state index in [2.05, 4.69) is 35.9 Å². The molecule has 2 heterocycles. The number of aryl methyl sites for hydroxylation is 2. The van der Waals surface area contributed by atoms with Gasteiger partial charge in [-0.15, -0.1) is 11.3 Å². The lowest BCUT2D eigenvalue weighted by atomic mass is 10.0. The maximum absolute atomic E-state index is 4.91. The first kappa shape index (κ1) is 18.1. The molecule has 1 N–H and O–H groups in total. The van der Waals surface area contributed by atoms with Crippen molar-refractivity contribution >= 4 is 29.1 Å². The molecule has 6 heteroatoms. The Morgan fingerprint density at radius 1 is 1.29 bits per heavy atom. The van der Waals surface area contributed by atoms with E-state index in [0.717, 1.165) is 31.5 Å². The van der Waals surface area contributed by atoms with Crippen molar-refractivity contribution in [3.63, 3.8) is 0 Å². The summed E-state index contributed by atoms with van der Waals surface area (Å²) in [5.74, 6) is 4.40. The van der Waals surface area contributed by atoms with Gasteiger partial charge in [0, 0.05) is 25.0 Å². The topological polar surface area (TPSA) is 40.5 Å². The Kier molecular flexibility index (Phi) is 6.84. The molecule has 1 aromatic heterocycles. The van der Waals surface area contributed by atoms with Crippen LogP contribution >= 0.6 is 23.1 Å². The predicted molar refractivity (Wildman–Crippen MR) is 106 cm³/mol. The molecular weight excluding hydrogens is 336 g/mol. The van der Waals surface area contributed by atoms with Crippen molar-refractivity contribution in [3.05, 3.63) is 15.6 Å². The van der Waals surface area contributed by atoms with Crippen molar-refractivity contribution in [2.75, 3.05) is 31.6 Å². The van der Waals surface area contributed by atoms with Gasteiger partial charge in [0.2, 0.25) is 0 Å². The summed E-state index contributed by atoms with van der Waals surface area (Å²) in [6.45, 7) is 4.88. The second kappa shape index (κ2) is 9.09. The number of hydrogen-bond donors (Lipinski definition) is 1. The molecule has 1 fully saturated rings. The van der Waals surface area contributed by atoms with Crippen LogP contribution in [0.25, 0.3) is 0 Å². The molecule has 4 nitrogen and oxygen atoms in total. The molecule has 0 amide bonds. The van der Waals surface area contributed by atoms with Gasteiger partial charge in [0.15, 0.2) is 5.96 Å². The van der Waals surface area contributed by atoms with Crippen LogP contribution in [-0.4, -0.2) is 47.5 Å². The lowest BCUT2D eigenvalue weighted by molar-refractivity contribution is 0.459. The average molecular weight is 367 g/mol. The first-order valence-electron chi connectivity index (χ1n) is 9.31. The molecule has 1 saturated heterocycles. The molecule has 134 valence electrons. The highest BCUT2D eigenvalue weighted by Crippen LogP contribution is 2.27. The van der Waals surface area contributed by atoms with Gasteiger partial charge in [-0.05, 0) is 62.9 Å². The van der Waals surface area contributed by atoms with Crippen molar-refractivity contribution in [2.24, 2.45) is 10.9 Å². The van der Waals surface area contributed by atoms with Crippen molar-refractivity contribution in [1.82, 2.24) is 15.2 Å². The maximum atomic E-state index is 4.91. The number of nitrogens with zero attached hydrogens (tertiary/aromatic N) is 3. The number of thiazole rings is 1. The predicted octanol–water partition coefficient (Wildman–Crippen LogP) is 3.56. The van der Waals surface area contributed by atoms with E-state index in [4.69, 9.17) is 9.98 Å². The molecule has 0 aromatic carbocycles. The van der Waals surface area contributed by atoms with Crippen LogP contribution in [0, 0.1) is 5.92 Å². The number of fused-ring (bicyclic) bond motifs is 1. The fraction of sp³-hybridized carbons (Fsp3) is 0.778. The zero-order valence-corrected chi connectivity index (χ0v) is 16.6. The summed E-state index contributed by atoms with van der Waals surface area (Å²) in [7, 11) is 2.14. The van der Waals surface area contributed by atoms with E-state index in [-0.39, 0.29) is 0 Å². The van der Waals surface area contributed by atoms with Gasteiger partial charge in [0.25, 0.3) is 0 Å². The Morgan fingerprint density at radius 2 is 2.08 bits per heavy atom. The molecule has 24 heavy (non-hydrogen) atoms. The number of guanidine groups is 1. The van der Waals surface area contributed by atoms with E-state index >= 15 is 0 Å². The molecule has 1 aromatic rings. The maximum Gasteiger partial charge on any atom is 0.194 e. The monoisotopic (exact) mass is 366 g/mol. The molecule has 1 aliphatic heterocycles. The fourth-order valence-corrected chi connectivity index (χ4v) is 5.78. The molecule has 0 spiro atoms. The van der Waals surface area contributed by atoms with E-state index in [1.165, 1.54) is 65.6 Å². The minimum atomic E-state index is 0.764. The van der Waals surface area contributed by atoms with Crippen LogP contribution in [0.2, 0.25) is 0 Å². The lowest BCUT2D eigenvalue weighted by Crippen LogP contribution is -2.39. The van der Waals surface area contributed by atoms with Gasteiger partial charge in [0.1, 0.15) is 5.01 Å². The normalized spacial score (nSPS) is 19.2. The highest BCUT2D eigenvalue weighted by atomic mass is 32.2. The van der Waals surface area contributed by atoms with Gasteiger partial charge in [-0.2, -0.15) is 11.8 Å². The van der Waals surface area contributed by atoms with Crippen LogP contribution in [0.1, 0.15) is 48.2 Å². The number of hydrogen-bond acceptors (Lipinski definition) is 4. The smallest absolute Gasteiger partial charge is 0.194 e. The van der Waals surface area contributed by atoms with E-state index in [1.54, 1.807) is 0 Å². The van der Waals surface area contributed by atoms with Crippen LogP contribution in [0.15, 0.2) is 4.99 Å². The number of rotatable bonds is 5. The van der Waals surface area contributed by atoms with E-state index < -0.39 is 0 Å². The van der Waals surface area contributed by atoms with E-state index in [1.807, 2.05) is 11.3 Å². The number of thioether (sulfide) groups is 1. The van der Waals surface area contributed by atoms with Crippen molar-refractivity contribution in [2.45, 2.75) is 52.0 Å². The Hall–Kier alpha value is -0.750. The number of nitrogens with one attached hydrogen (secondary N) is 1. The summed E-state index contributed by atoms with van der Waals surface area (Å²) in [6.07, 6.45) is 7.66. The minimum absolute atomic E-state index is 0.764. The quantitative estimate of drug-likeness (QED) is 0.639. The van der Waals surface area contributed by atoms with Crippen molar-refractivity contribution in [1.29, 1.82) is 0 Å². The fourth-order valence-electron chi connectivity index (χ4n) is 3.37. The largest absolute Gasteiger partial charge is 0.357 e. The van der Waals surface area contributed by atoms with E-state index in [0.29, 0.717) is 0 Å². The molecule has 0 bridgehead atoms.